The number of methoxy groups -OCH3 is 5. The van der Waals surface area contributed by atoms with E-state index in [1.54, 1.807) is 35.5 Å². The Morgan fingerprint density at radius 2 is 0.845 bits per heavy atom. The number of hydrogen-bond acceptors (Lipinski definition) is 6. The number of nitrogens with zero attached hydrogens (tertiary/aromatic N) is 3. The molecule has 8 rings (SSSR count). The molecule has 58 heavy (non-hydrogen) atoms. The van der Waals surface area contributed by atoms with E-state index >= 15 is 0 Å². The molecule has 288 valence electrons. The number of aromatic nitrogens is 1. The molecule has 8 nitrogen and oxygen atoms in total. The number of amidine groups is 1. The van der Waals surface area contributed by atoms with Gasteiger partial charge in [0.15, 0.2) is 5.84 Å². The average Bonchev–Trinajstić information content (AvgIpc) is 3.85. The summed E-state index contributed by atoms with van der Waals surface area (Å²) in [5.74, 6) is 5.03. The molecule has 1 aromatic heterocycles. The van der Waals surface area contributed by atoms with Crippen LogP contribution in [0.1, 0.15) is 16.7 Å². The van der Waals surface area contributed by atoms with Gasteiger partial charge in [0.1, 0.15) is 34.6 Å². The Hall–Kier alpha value is -6.84. The largest absolute Gasteiger partial charge is 0.497 e. The van der Waals surface area contributed by atoms with Gasteiger partial charge < -0.3 is 23.7 Å². The van der Waals surface area contributed by atoms with Crippen LogP contribution in [0.3, 0.4) is 0 Å². The van der Waals surface area contributed by atoms with Crippen molar-refractivity contribution in [3.63, 3.8) is 0 Å². The number of halogens is 1. The quantitative estimate of drug-likeness (QED) is 0.123. The first-order valence-electron chi connectivity index (χ1n) is 18.6. The molecule has 0 bridgehead atoms. The molecule has 2 heterocycles. The van der Waals surface area contributed by atoms with Gasteiger partial charge in [-0.3, -0.25) is 4.57 Å². The van der Waals surface area contributed by atoms with Crippen LogP contribution in [0.4, 0.5) is 5.82 Å². The van der Waals surface area contributed by atoms with Crippen molar-refractivity contribution in [1.29, 1.82) is 0 Å². The fourth-order valence-electron chi connectivity index (χ4n) is 7.08. The van der Waals surface area contributed by atoms with Crippen LogP contribution in [0.15, 0.2) is 166 Å². The standard InChI is InChI=1S/C49H40BrN3O5/c1-54-38-20-8-31(9-21-38)43-30-44(32-10-22-39(55-2)23-11-32)53(37-18-28-42(58-5)29-19-37)49(43)52-48-46(34-14-26-41(57-4)27-15-34)45(33-12-24-40(56-3)25-13-33)47(51-48)35-6-16-36(50)17-7-35/h6-30H,1-5H3. The van der Waals surface area contributed by atoms with Crippen LogP contribution in [0, 0.1) is 0 Å². The Morgan fingerprint density at radius 1 is 0.448 bits per heavy atom. The van der Waals surface area contributed by atoms with Gasteiger partial charge in [0.25, 0.3) is 0 Å². The number of rotatable bonds is 12. The molecule has 0 saturated carbocycles. The molecule has 0 atom stereocenters. The molecule has 0 unspecified atom stereocenters. The summed E-state index contributed by atoms with van der Waals surface area (Å²) in [5, 5.41) is 0. The number of benzene rings is 6. The molecule has 6 aromatic carbocycles. The lowest BCUT2D eigenvalue weighted by molar-refractivity contribution is 0.414. The summed E-state index contributed by atoms with van der Waals surface area (Å²) < 4.78 is 31.0. The second-order valence-corrected chi connectivity index (χ2v) is 14.3. The fraction of sp³-hybridized carbons (Fsp3) is 0.102. The molecule has 0 radical (unpaired) electrons. The van der Waals surface area contributed by atoms with E-state index in [0.29, 0.717) is 11.7 Å². The summed E-state index contributed by atoms with van der Waals surface area (Å²) in [7, 11) is 8.35. The van der Waals surface area contributed by atoms with Crippen LogP contribution in [-0.2, 0) is 0 Å². The lowest BCUT2D eigenvalue weighted by atomic mass is 9.90. The van der Waals surface area contributed by atoms with Crippen molar-refractivity contribution in [3.05, 3.63) is 173 Å². The Balaban J connectivity index is 1.47. The molecule has 9 heteroatoms. The first-order valence-corrected chi connectivity index (χ1v) is 19.4. The van der Waals surface area contributed by atoms with E-state index in [4.69, 9.17) is 33.7 Å². The maximum Gasteiger partial charge on any atom is 0.163 e. The van der Waals surface area contributed by atoms with Crippen molar-refractivity contribution in [3.8, 4) is 56.8 Å². The minimum atomic E-state index is 0.554. The number of allylic oxidation sites excluding steroid dienone is 1. The van der Waals surface area contributed by atoms with E-state index in [2.05, 4.69) is 87.2 Å². The third kappa shape index (κ3) is 7.52. The summed E-state index contributed by atoms with van der Waals surface area (Å²) in [4.78, 5) is 11.1. The smallest absolute Gasteiger partial charge is 0.163 e. The molecular formula is C49H40BrN3O5. The van der Waals surface area contributed by atoms with Crippen LogP contribution >= 0.6 is 15.9 Å². The van der Waals surface area contributed by atoms with Gasteiger partial charge in [-0.2, -0.15) is 0 Å². The minimum absolute atomic E-state index is 0.554. The summed E-state index contributed by atoms with van der Waals surface area (Å²) in [5.41, 5.74) is 10.1. The van der Waals surface area contributed by atoms with Gasteiger partial charge in [0.05, 0.1) is 47.0 Å². The van der Waals surface area contributed by atoms with Crippen LogP contribution in [0.2, 0.25) is 0 Å². The van der Waals surface area contributed by atoms with Gasteiger partial charge in [-0.25, -0.2) is 9.98 Å². The highest BCUT2D eigenvalue weighted by Crippen LogP contribution is 2.44. The molecule has 0 amide bonds. The zero-order valence-electron chi connectivity index (χ0n) is 32.7. The van der Waals surface area contributed by atoms with Gasteiger partial charge in [-0.15, -0.1) is 0 Å². The molecule has 0 spiro atoms. The summed E-state index contributed by atoms with van der Waals surface area (Å²) in [6, 6.07) is 50.6. The molecule has 0 saturated heterocycles. The van der Waals surface area contributed by atoms with Crippen LogP contribution in [0.25, 0.3) is 39.2 Å². The molecule has 7 aromatic rings. The Morgan fingerprint density at radius 3 is 1.31 bits per heavy atom. The van der Waals surface area contributed by atoms with Gasteiger partial charge >= 0.3 is 0 Å². The predicted octanol–water partition coefficient (Wildman–Crippen LogP) is 11.8. The molecule has 0 aliphatic carbocycles. The van der Waals surface area contributed by atoms with Crippen molar-refractivity contribution in [2.45, 2.75) is 0 Å². The molecule has 0 fully saturated rings. The van der Waals surface area contributed by atoms with Crippen molar-refractivity contribution in [2.24, 2.45) is 9.98 Å². The Kier molecular flexibility index (Phi) is 11.0. The SMILES string of the molecule is COc1ccc(C2=C(c3ccc(OC)cc3)C(c3ccc(Br)cc3)=NC2=Nc2c(-c3ccc(OC)cc3)cc(-c3ccc(OC)cc3)n2-c2ccc(OC)cc2)cc1. The number of ether oxygens (including phenoxy) is 5. The van der Waals surface area contributed by atoms with E-state index in [0.717, 1.165) is 94.8 Å². The second kappa shape index (κ2) is 16.7. The average molecular weight is 831 g/mol. The maximum absolute atomic E-state index is 5.66. The van der Waals surface area contributed by atoms with Gasteiger partial charge in [-0.1, -0.05) is 64.5 Å². The first kappa shape index (κ1) is 38.1. The van der Waals surface area contributed by atoms with Gasteiger partial charge in [-0.05, 0) is 125 Å². The lowest BCUT2D eigenvalue weighted by Crippen LogP contribution is -2.03. The molecule has 1 aliphatic rings. The summed E-state index contributed by atoms with van der Waals surface area (Å²) in [6.45, 7) is 0. The second-order valence-electron chi connectivity index (χ2n) is 13.4. The van der Waals surface area contributed by atoms with E-state index < -0.39 is 0 Å². The van der Waals surface area contributed by atoms with Crippen molar-refractivity contribution < 1.29 is 23.7 Å². The van der Waals surface area contributed by atoms with E-state index in [9.17, 15) is 0 Å². The third-order valence-electron chi connectivity index (χ3n) is 10.1. The van der Waals surface area contributed by atoms with Crippen LogP contribution in [-0.4, -0.2) is 51.7 Å². The van der Waals surface area contributed by atoms with Crippen LogP contribution < -0.4 is 23.7 Å². The molecular weight excluding hydrogens is 790 g/mol. The predicted molar refractivity (Wildman–Crippen MR) is 237 cm³/mol. The zero-order valence-corrected chi connectivity index (χ0v) is 34.3. The lowest BCUT2D eigenvalue weighted by Gasteiger charge is -2.15. The monoisotopic (exact) mass is 829 g/mol. The number of aliphatic imine (C=N–C) groups is 2. The molecule has 1 aliphatic heterocycles. The third-order valence-corrected chi connectivity index (χ3v) is 10.6. The van der Waals surface area contributed by atoms with E-state index in [-0.39, 0.29) is 0 Å². The normalized spacial score (nSPS) is 13.1. The Labute approximate surface area is 346 Å². The summed E-state index contributed by atoms with van der Waals surface area (Å²) in [6.07, 6.45) is 0. The van der Waals surface area contributed by atoms with Gasteiger partial charge in [0, 0.05) is 32.4 Å². The van der Waals surface area contributed by atoms with E-state index in [1.807, 2.05) is 84.9 Å². The Bertz CT molecular complexity index is 2640. The topological polar surface area (TPSA) is 75.8 Å². The summed E-state index contributed by atoms with van der Waals surface area (Å²) >= 11 is 3.63. The first-order chi connectivity index (χ1) is 28.4. The minimum Gasteiger partial charge on any atom is -0.497 e. The molecule has 0 N–H and O–H groups in total. The van der Waals surface area contributed by atoms with Crippen LogP contribution in [0.5, 0.6) is 28.7 Å². The van der Waals surface area contributed by atoms with Gasteiger partial charge in [0.2, 0.25) is 0 Å². The van der Waals surface area contributed by atoms with Crippen molar-refractivity contribution in [1.82, 2.24) is 4.57 Å². The highest BCUT2D eigenvalue weighted by molar-refractivity contribution is 9.10. The van der Waals surface area contributed by atoms with Crippen molar-refractivity contribution in [2.75, 3.05) is 35.5 Å². The zero-order chi connectivity index (χ0) is 40.2. The fourth-order valence-corrected chi connectivity index (χ4v) is 7.34. The number of hydrogen-bond donors (Lipinski definition) is 0. The van der Waals surface area contributed by atoms with E-state index in [1.165, 1.54) is 0 Å². The highest BCUT2D eigenvalue weighted by Gasteiger charge is 2.30. The highest BCUT2D eigenvalue weighted by atomic mass is 79.9. The van der Waals surface area contributed by atoms with Crippen molar-refractivity contribution >= 4 is 44.4 Å². The maximum atomic E-state index is 5.66.